The van der Waals surface area contributed by atoms with Gasteiger partial charge in [-0.3, -0.25) is 4.79 Å². The second-order valence-corrected chi connectivity index (χ2v) is 6.58. The smallest absolute Gasteiger partial charge is 0.430 e. The van der Waals surface area contributed by atoms with Crippen LogP contribution in [0.1, 0.15) is 25.2 Å². The van der Waals surface area contributed by atoms with Crippen molar-refractivity contribution in [2.75, 3.05) is 19.7 Å². The summed E-state index contributed by atoms with van der Waals surface area (Å²) in [6, 6.07) is 9.55. The summed E-state index contributed by atoms with van der Waals surface area (Å²) >= 11 is 0. The molecule has 1 aromatic carbocycles. The lowest BCUT2D eigenvalue weighted by molar-refractivity contribution is -0.134. The van der Waals surface area contributed by atoms with Crippen molar-refractivity contribution in [3.63, 3.8) is 0 Å². The lowest BCUT2D eigenvalue weighted by Gasteiger charge is -2.36. The number of likely N-dealkylation sites (tertiary alicyclic amines) is 1. The Balaban J connectivity index is 1.28. The quantitative estimate of drug-likeness (QED) is 0.774. The largest absolute Gasteiger partial charge is 0.509 e. The molecule has 4 rings (SSSR count). The van der Waals surface area contributed by atoms with Crippen LogP contribution in [0.4, 0.5) is 4.79 Å². The highest BCUT2D eigenvalue weighted by molar-refractivity contribution is 5.76. The molecule has 8 heteroatoms. The van der Waals surface area contributed by atoms with Crippen molar-refractivity contribution in [2.45, 2.75) is 31.3 Å². The van der Waals surface area contributed by atoms with Gasteiger partial charge in [-0.2, -0.15) is 4.98 Å². The molecule has 2 aromatic rings. The van der Waals surface area contributed by atoms with Gasteiger partial charge < -0.3 is 18.9 Å². The number of hydrogen-bond acceptors (Lipinski definition) is 7. The summed E-state index contributed by atoms with van der Waals surface area (Å²) in [5, 5.41) is 3.96. The van der Waals surface area contributed by atoms with Crippen molar-refractivity contribution < 1.29 is 23.6 Å². The fourth-order valence-corrected chi connectivity index (χ4v) is 3.27. The van der Waals surface area contributed by atoms with E-state index in [1.54, 1.807) is 4.90 Å². The molecule has 0 saturated carbocycles. The minimum atomic E-state index is -0.615. The number of nitrogens with zero attached hydrogens (tertiary/aromatic N) is 3. The van der Waals surface area contributed by atoms with Gasteiger partial charge in [0.15, 0.2) is 5.60 Å². The lowest BCUT2D eigenvalue weighted by Crippen LogP contribution is -2.48. The Kier molecular flexibility index (Phi) is 4.32. The highest BCUT2D eigenvalue weighted by Crippen LogP contribution is 2.31. The normalized spacial score (nSPS) is 18.6. The molecular weight excluding hydrogens is 338 g/mol. The summed E-state index contributed by atoms with van der Waals surface area (Å²) in [7, 11) is 0. The van der Waals surface area contributed by atoms with Gasteiger partial charge in [0, 0.05) is 44.3 Å². The van der Waals surface area contributed by atoms with Gasteiger partial charge >= 0.3 is 6.16 Å². The summed E-state index contributed by atoms with van der Waals surface area (Å²) < 4.78 is 15.4. The molecule has 0 unspecified atom stereocenters. The van der Waals surface area contributed by atoms with Crippen molar-refractivity contribution in [1.29, 1.82) is 0 Å². The van der Waals surface area contributed by atoms with Gasteiger partial charge in [-0.1, -0.05) is 35.5 Å². The SMILES string of the molecule is O=C1OCC2(CCN(C(=O)CCc3nc(-c4ccccc4)no3)CC2)O1. The molecule has 0 bridgehead atoms. The Morgan fingerprint density at radius 1 is 1.19 bits per heavy atom. The van der Waals surface area contributed by atoms with Crippen LogP contribution in [0.15, 0.2) is 34.9 Å². The lowest BCUT2D eigenvalue weighted by atomic mass is 9.92. The molecule has 0 aliphatic carbocycles. The third-order valence-electron chi connectivity index (χ3n) is 4.83. The maximum atomic E-state index is 12.4. The van der Waals surface area contributed by atoms with Gasteiger partial charge in [0.1, 0.15) is 6.61 Å². The molecule has 2 fully saturated rings. The van der Waals surface area contributed by atoms with Gasteiger partial charge in [0.2, 0.25) is 17.6 Å². The van der Waals surface area contributed by atoms with Crippen molar-refractivity contribution in [3.05, 3.63) is 36.2 Å². The highest BCUT2D eigenvalue weighted by Gasteiger charge is 2.45. The van der Waals surface area contributed by atoms with E-state index in [0.29, 0.717) is 50.5 Å². The Morgan fingerprint density at radius 3 is 2.65 bits per heavy atom. The molecule has 1 aromatic heterocycles. The highest BCUT2D eigenvalue weighted by atomic mass is 16.8. The summed E-state index contributed by atoms with van der Waals surface area (Å²) in [4.78, 5) is 29.7. The fourth-order valence-electron chi connectivity index (χ4n) is 3.27. The van der Waals surface area contributed by atoms with Crippen LogP contribution in [0, 0.1) is 0 Å². The zero-order valence-corrected chi connectivity index (χ0v) is 14.2. The van der Waals surface area contributed by atoms with Crippen LogP contribution in [0.2, 0.25) is 0 Å². The number of carbonyl (C=O) groups excluding carboxylic acids is 2. The predicted octanol–water partition coefficient (Wildman–Crippen LogP) is 2.20. The van der Waals surface area contributed by atoms with Crippen LogP contribution < -0.4 is 0 Å². The molecule has 2 aliphatic heterocycles. The van der Waals surface area contributed by atoms with Crippen LogP contribution in [0.3, 0.4) is 0 Å². The number of amides is 1. The molecule has 1 amide bonds. The van der Waals surface area contributed by atoms with Crippen molar-refractivity contribution in [3.8, 4) is 11.4 Å². The number of carbonyl (C=O) groups is 2. The van der Waals surface area contributed by atoms with Crippen LogP contribution >= 0.6 is 0 Å². The zero-order chi connectivity index (χ0) is 18.0. The van der Waals surface area contributed by atoms with E-state index in [0.717, 1.165) is 5.56 Å². The first-order chi connectivity index (χ1) is 12.6. The minimum absolute atomic E-state index is 0.0320. The van der Waals surface area contributed by atoms with Gasteiger partial charge in [-0.15, -0.1) is 0 Å². The standard InChI is InChI=1S/C18H19N3O5/c22-15(21-10-8-18(9-11-21)12-24-17(23)25-18)7-6-14-19-16(20-26-14)13-4-2-1-3-5-13/h1-5H,6-12H2. The maximum absolute atomic E-state index is 12.4. The second kappa shape index (κ2) is 6.78. The fraction of sp³-hybridized carbons (Fsp3) is 0.444. The third kappa shape index (κ3) is 3.40. The van der Waals surface area contributed by atoms with E-state index in [1.165, 1.54) is 0 Å². The van der Waals surface area contributed by atoms with Gasteiger partial charge in [-0.25, -0.2) is 4.79 Å². The molecule has 0 atom stereocenters. The molecule has 2 saturated heterocycles. The average molecular weight is 357 g/mol. The number of hydrogen-bond donors (Lipinski definition) is 0. The van der Waals surface area contributed by atoms with Crippen molar-refractivity contribution in [1.82, 2.24) is 15.0 Å². The van der Waals surface area contributed by atoms with Gasteiger partial charge in [0.25, 0.3) is 0 Å². The first-order valence-corrected chi connectivity index (χ1v) is 8.65. The summed E-state index contributed by atoms with van der Waals surface area (Å²) in [6.07, 6.45) is 1.29. The molecule has 136 valence electrons. The molecule has 0 N–H and O–H groups in total. The monoisotopic (exact) mass is 357 g/mol. The van der Waals surface area contributed by atoms with Gasteiger partial charge in [0.05, 0.1) is 0 Å². The Labute approximate surface area is 150 Å². The molecule has 3 heterocycles. The number of benzene rings is 1. The molecule has 8 nitrogen and oxygen atoms in total. The number of ether oxygens (including phenoxy) is 2. The Bertz CT molecular complexity index is 796. The van der Waals surface area contributed by atoms with E-state index in [-0.39, 0.29) is 12.5 Å². The summed E-state index contributed by atoms with van der Waals surface area (Å²) in [5.74, 6) is 1.00. The van der Waals surface area contributed by atoms with Crippen molar-refractivity contribution >= 4 is 12.1 Å². The first kappa shape index (κ1) is 16.6. The van der Waals surface area contributed by atoms with Gasteiger partial charge in [-0.05, 0) is 0 Å². The third-order valence-corrected chi connectivity index (χ3v) is 4.83. The summed E-state index contributed by atoms with van der Waals surface area (Å²) in [6.45, 7) is 1.38. The number of aryl methyl sites for hydroxylation is 1. The van der Waals surface area contributed by atoms with Crippen molar-refractivity contribution in [2.24, 2.45) is 0 Å². The topological polar surface area (TPSA) is 94.8 Å². The summed E-state index contributed by atoms with van der Waals surface area (Å²) in [5.41, 5.74) is 0.328. The number of cyclic esters (lactones) is 1. The van der Waals surface area contributed by atoms with E-state index in [9.17, 15) is 9.59 Å². The van der Waals surface area contributed by atoms with Crippen LogP contribution in [-0.4, -0.2) is 52.4 Å². The zero-order valence-electron chi connectivity index (χ0n) is 14.2. The molecular formula is C18H19N3O5. The van der Waals surface area contributed by atoms with Crippen LogP contribution in [-0.2, 0) is 20.7 Å². The Hall–Kier alpha value is -2.90. The first-order valence-electron chi connectivity index (χ1n) is 8.65. The molecule has 2 aliphatic rings. The molecule has 26 heavy (non-hydrogen) atoms. The van der Waals surface area contributed by atoms with E-state index in [4.69, 9.17) is 14.0 Å². The molecule has 0 radical (unpaired) electrons. The number of rotatable bonds is 4. The minimum Gasteiger partial charge on any atom is -0.430 e. The van der Waals surface area contributed by atoms with Crippen LogP contribution in [0.25, 0.3) is 11.4 Å². The maximum Gasteiger partial charge on any atom is 0.509 e. The van der Waals surface area contributed by atoms with E-state index in [2.05, 4.69) is 10.1 Å². The average Bonchev–Trinajstić information content (AvgIpc) is 3.28. The predicted molar refractivity (Wildman–Crippen MR) is 89.0 cm³/mol. The molecule has 1 spiro atoms. The Morgan fingerprint density at radius 2 is 1.96 bits per heavy atom. The van der Waals surface area contributed by atoms with E-state index >= 15 is 0 Å². The second-order valence-electron chi connectivity index (χ2n) is 6.58. The van der Waals surface area contributed by atoms with E-state index in [1.807, 2.05) is 30.3 Å². The van der Waals surface area contributed by atoms with E-state index < -0.39 is 11.8 Å². The van der Waals surface area contributed by atoms with Crippen LogP contribution in [0.5, 0.6) is 0 Å². The number of piperidine rings is 1. The number of aromatic nitrogens is 2.